The molecule has 0 radical (unpaired) electrons. The van der Waals surface area contributed by atoms with E-state index >= 15 is 0 Å². The molecule has 0 fully saturated rings. The predicted octanol–water partition coefficient (Wildman–Crippen LogP) is 15.1. The van der Waals surface area contributed by atoms with Crippen LogP contribution in [0.1, 0.15) is 48.6 Å². The Balaban J connectivity index is 1.02. The summed E-state index contributed by atoms with van der Waals surface area (Å²) >= 11 is 0. The molecule has 0 aliphatic heterocycles. The number of hydrogen-bond acceptors (Lipinski definition) is 2. The van der Waals surface area contributed by atoms with Crippen molar-refractivity contribution in [2.45, 2.75) is 31.6 Å². The fraction of sp³-hybridized carbons (Fsp3) is 0.0847. The molecule has 2 nitrogen and oxygen atoms in total. The molecule has 1 atom stereocenters. The maximum absolute atomic E-state index is 5.33. The second-order valence-electron chi connectivity index (χ2n) is 17.4. The van der Waals surface area contributed by atoms with Crippen molar-refractivity contribution in [3.8, 4) is 67.3 Å². The van der Waals surface area contributed by atoms with E-state index in [0.29, 0.717) is 5.82 Å². The molecule has 61 heavy (non-hydrogen) atoms. The molecule has 12 rings (SSSR count). The van der Waals surface area contributed by atoms with Crippen molar-refractivity contribution in [3.63, 3.8) is 0 Å². The first-order valence-electron chi connectivity index (χ1n) is 21.3. The van der Waals surface area contributed by atoms with E-state index in [1.807, 2.05) is 6.07 Å². The van der Waals surface area contributed by atoms with Crippen LogP contribution in [0, 0.1) is 0 Å². The average Bonchev–Trinajstić information content (AvgIpc) is 3.72. The van der Waals surface area contributed by atoms with Gasteiger partial charge in [-0.2, -0.15) is 0 Å². The van der Waals surface area contributed by atoms with E-state index in [-0.39, 0.29) is 10.8 Å². The smallest absolute Gasteiger partial charge is 0.160 e. The van der Waals surface area contributed by atoms with Crippen LogP contribution in [0.4, 0.5) is 0 Å². The first-order valence-corrected chi connectivity index (χ1v) is 21.3. The third-order valence-electron chi connectivity index (χ3n) is 13.8. The zero-order valence-electron chi connectivity index (χ0n) is 34.4. The Morgan fingerprint density at radius 2 is 0.934 bits per heavy atom. The number of rotatable bonds is 5. The minimum Gasteiger partial charge on any atom is -0.228 e. The molecule has 1 heterocycles. The quantitative estimate of drug-likeness (QED) is 0.174. The lowest BCUT2D eigenvalue weighted by Crippen LogP contribution is -2.22. The number of aromatic nitrogens is 2. The van der Waals surface area contributed by atoms with Gasteiger partial charge in [0.05, 0.1) is 11.4 Å². The molecule has 0 saturated carbocycles. The summed E-state index contributed by atoms with van der Waals surface area (Å²) in [5, 5.41) is 4.96. The van der Waals surface area contributed by atoms with Crippen LogP contribution in [0.3, 0.4) is 0 Å². The third-order valence-corrected chi connectivity index (χ3v) is 13.8. The minimum atomic E-state index is -0.259. The molecule has 2 aliphatic rings. The average molecular weight is 779 g/mol. The van der Waals surface area contributed by atoms with Crippen LogP contribution in [0.5, 0.6) is 0 Å². The van der Waals surface area contributed by atoms with Gasteiger partial charge in [-0.1, -0.05) is 196 Å². The van der Waals surface area contributed by atoms with Gasteiger partial charge >= 0.3 is 0 Å². The van der Waals surface area contributed by atoms with E-state index in [1.54, 1.807) is 0 Å². The Kier molecular flexibility index (Phi) is 7.74. The van der Waals surface area contributed by atoms with Crippen molar-refractivity contribution in [3.05, 3.63) is 228 Å². The van der Waals surface area contributed by atoms with Gasteiger partial charge < -0.3 is 0 Å². The van der Waals surface area contributed by atoms with Gasteiger partial charge in [-0.05, 0) is 108 Å². The van der Waals surface area contributed by atoms with Crippen molar-refractivity contribution < 1.29 is 0 Å². The Bertz CT molecular complexity index is 3400. The van der Waals surface area contributed by atoms with Gasteiger partial charge in [-0.3, -0.25) is 0 Å². The molecule has 0 N–H and O–H groups in total. The van der Waals surface area contributed by atoms with Gasteiger partial charge in [0.1, 0.15) is 0 Å². The van der Waals surface area contributed by atoms with Gasteiger partial charge in [0.15, 0.2) is 5.82 Å². The second kappa shape index (κ2) is 13.3. The van der Waals surface area contributed by atoms with E-state index in [0.717, 1.165) is 33.5 Å². The third kappa shape index (κ3) is 5.28. The molecule has 0 spiro atoms. The molecule has 2 heteroatoms. The zero-order chi connectivity index (χ0) is 40.9. The Morgan fingerprint density at radius 3 is 1.75 bits per heavy atom. The highest BCUT2D eigenvalue weighted by Crippen LogP contribution is 2.54. The maximum atomic E-state index is 5.33. The topological polar surface area (TPSA) is 25.8 Å². The molecule has 1 aromatic heterocycles. The highest BCUT2D eigenvalue weighted by atomic mass is 14.9. The van der Waals surface area contributed by atoms with Crippen molar-refractivity contribution in [1.82, 2.24) is 9.97 Å². The van der Waals surface area contributed by atoms with Crippen molar-refractivity contribution >= 4 is 21.5 Å². The summed E-state index contributed by atoms with van der Waals surface area (Å²) in [7, 11) is 0. The van der Waals surface area contributed by atoms with E-state index in [2.05, 4.69) is 215 Å². The summed E-state index contributed by atoms with van der Waals surface area (Å²) < 4.78 is 0. The molecule has 10 aromatic rings. The van der Waals surface area contributed by atoms with Gasteiger partial charge in [0.2, 0.25) is 0 Å². The van der Waals surface area contributed by atoms with Gasteiger partial charge in [-0.15, -0.1) is 0 Å². The standard InChI is InChI=1S/C59H42N2/c1-58(2)50-31-27-39(34-49(50)56-43-21-11-10-16-37(43)26-33-53(56)58)42-29-30-47(45-23-13-12-22-44(42)45)55-36-54(60-57(61-55)38-17-6-4-7-18-38)40-28-32-52-48(35-40)46-24-14-15-25-51(46)59(52,3)41-19-8-5-9-20-41/h4-36H,1-3H3. The summed E-state index contributed by atoms with van der Waals surface area (Å²) in [6, 6.07) is 73.2. The van der Waals surface area contributed by atoms with Crippen LogP contribution < -0.4 is 0 Å². The Labute approximate surface area is 356 Å². The first-order chi connectivity index (χ1) is 29.9. The van der Waals surface area contributed by atoms with Crippen molar-refractivity contribution in [1.29, 1.82) is 0 Å². The largest absolute Gasteiger partial charge is 0.228 e. The predicted molar refractivity (Wildman–Crippen MR) is 254 cm³/mol. The SMILES string of the molecule is CC1(C)c2ccc(-c3ccc(-c4cc(-c5ccc6c(c5)-c5ccccc5C6(C)c5ccccc5)nc(-c5ccccc5)n4)c4ccccc34)cc2-c2c1ccc1ccccc21. The Morgan fingerprint density at radius 1 is 0.344 bits per heavy atom. The van der Waals surface area contributed by atoms with Gasteiger partial charge in [0.25, 0.3) is 0 Å². The van der Waals surface area contributed by atoms with Crippen LogP contribution in [0.25, 0.3) is 88.8 Å². The molecule has 0 bridgehead atoms. The van der Waals surface area contributed by atoms with Crippen LogP contribution in [-0.2, 0) is 10.8 Å². The van der Waals surface area contributed by atoms with E-state index < -0.39 is 0 Å². The lowest BCUT2D eigenvalue weighted by Gasteiger charge is -2.28. The van der Waals surface area contributed by atoms with Gasteiger partial charge in [-0.25, -0.2) is 9.97 Å². The molecule has 288 valence electrons. The lowest BCUT2D eigenvalue weighted by atomic mass is 9.74. The maximum Gasteiger partial charge on any atom is 0.160 e. The molecule has 0 saturated heterocycles. The summed E-state index contributed by atoms with van der Waals surface area (Å²) in [6.07, 6.45) is 0. The highest BCUT2D eigenvalue weighted by molar-refractivity contribution is 6.07. The summed E-state index contributed by atoms with van der Waals surface area (Å²) in [5.74, 6) is 0.711. The fourth-order valence-electron chi connectivity index (χ4n) is 10.7. The molecular formula is C59H42N2. The van der Waals surface area contributed by atoms with Crippen LogP contribution in [-0.4, -0.2) is 9.97 Å². The lowest BCUT2D eigenvalue weighted by molar-refractivity contribution is 0.661. The van der Waals surface area contributed by atoms with Crippen molar-refractivity contribution in [2.24, 2.45) is 0 Å². The van der Waals surface area contributed by atoms with E-state index in [1.165, 1.54) is 77.4 Å². The van der Waals surface area contributed by atoms with Crippen molar-refractivity contribution in [2.75, 3.05) is 0 Å². The van der Waals surface area contributed by atoms with Crippen LogP contribution >= 0.6 is 0 Å². The van der Waals surface area contributed by atoms with E-state index in [9.17, 15) is 0 Å². The number of benzene rings is 9. The number of nitrogens with zero attached hydrogens (tertiary/aromatic N) is 2. The number of fused-ring (bicyclic) bond motifs is 9. The van der Waals surface area contributed by atoms with E-state index in [4.69, 9.17) is 9.97 Å². The normalized spacial score (nSPS) is 15.7. The summed E-state index contributed by atoms with van der Waals surface area (Å²) in [5.41, 5.74) is 19.0. The first kappa shape index (κ1) is 35.5. The fourth-order valence-corrected chi connectivity index (χ4v) is 10.7. The van der Waals surface area contributed by atoms with Crippen LogP contribution in [0.15, 0.2) is 200 Å². The Hall–Kier alpha value is -7.42. The molecule has 9 aromatic carbocycles. The monoisotopic (exact) mass is 778 g/mol. The second-order valence-corrected chi connectivity index (χ2v) is 17.4. The molecule has 1 unspecified atom stereocenters. The molecule has 2 aliphatic carbocycles. The summed E-state index contributed by atoms with van der Waals surface area (Å²) in [6.45, 7) is 7.08. The van der Waals surface area contributed by atoms with Gasteiger partial charge in [0, 0.05) is 27.5 Å². The minimum absolute atomic E-state index is 0.0793. The summed E-state index contributed by atoms with van der Waals surface area (Å²) in [4.78, 5) is 10.6. The molecular weight excluding hydrogens is 737 g/mol. The zero-order valence-corrected chi connectivity index (χ0v) is 34.4. The van der Waals surface area contributed by atoms with Crippen LogP contribution in [0.2, 0.25) is 0 Å². The molecule has 0 amide bonds. The number of hydrogen-bond donors (Lipinski definition) is 0. The highest BCUT2D eigenvalue weighted by Gasteiger charge is 2.41.